The molecule has 0 saturated carbocycles. The molecule has 126 valence electrons. The van der Waals surface area contributed by atoms with E-state index in [9.17, 15) is 18.0 Å². The number of benzene rings is 1. The van der Waals surface area contributed by atoms with Crippen molar-refractivity contribution in [3.05, 3.63) is 35.4 Å². The van der Waals surface area contributed by atoms with E-state index in [2.05, 4.69) is 5.32 Å². The number of likely N-dealkylation sites (tertiary alicyclic amines) is 1. The summed E-state index contributed by atoms with van der Waals surface area (Å²) in [6.07, 6.45) is 3.58. The zero-order valence-electron chi connectivity index (χ0n) is 13.4. The molecule has 6 nitrogen and oxygen atoms in total. The summed E-state index contributed by atoms with van der Waals surface area (Å²) in [6, 6.07) is 6.15. The monoisotopic (exact) mass is 338 g/mol. The van der Waals surface area contributed by atoms with Gasteiger partial charge in [-0.1, -0.05) is 12.1 Å². The van der Waals surface area contributed by atoms with Crippen LogP contribution in [-0.2, 0) is 20.4 Å². The largest absolute Gasteiger partial charge is 0.357 e. The molecule has 7 heteroatoms. The molecule has 0 spiro atoms. The number of piperidine rings is 1. The summed E-state index contributed by atoms with van der Waals surface area (Å²) in [5.74, 6) is -0.494. The normalized spacial score (nSPS) is 18.5. The topological polar surface area (TPSA) is 83.6 Å². The number of carbonyl (C=O) groups excluding carboxylic acids is 2. The van der Waals surface area contributed by atoms with Gasteiger partial charge >= 0.3 is 0 Å². The van der Waals surface area contributed by atoms with Crippen LogP contribution in [-0.4, -0.2) is 51.0 Å². The third-order valence-electron chi connectivity index (χ3n) is 3.92. The minimum absolute atomic E-state index is 0.104. The summed E-state index contributed by atoms with van der Waals surface area (Å²) >= 11 is 0. The van der Waals surface area contributed by atoms with Crippen LogP contribution in [0.15, 0.2) is 24.3 Å². The lowest BCUT2D eigenvalue weighted by atomic mass is 9.99. The Morgan fingerprint density at radius 3 is 2.70 bits per heavy atom. The summed E-state index contributed by atoms with van der Waals surface area (Å²) in [7, 11) is -1.60. The standard InChI is InChI=1S/C16H22N2O4S/c1-17-15(19)14-8-3-4-9-18(14)16(20)13-7-5-6-12(10-13)11-23(2,21)22/h5-7,10,14H,3-4,8-9,11H2,1-2H3,(H,17,19)/t14-/m1/s1. The highest BCUT2D eigenvalue weighted by atomic mass is 32.2. The molecule has 1 aromatic carbocycles. The minimum atomic E-state index is -3.16. The maximum atomic E-state index is 12.7. The zero-order chi connectivity index (χ0) is 17.0. The summed E-state index contributed by atoms with van der Waals surface area (Å²) in [6.45, 7) is 0.535. The van der Waals surface area contributed by atoms with E-state index in [-0.39, 0.29) is 17.6 Å². The number of rotatable bonds is 4. The van der Waals surface area contributed by atoms with Gasteiger partial charge in [-0.3, -0.25) is 9.59 Å². The molecule has 0 radical (unpaired) electrons. The number of hydrogen-bond donors (Lipinski definition) is 1. The Kier molecular flexibility index (Phi) is 5.41. The second kappa shape index (κ2) is 7.12. The van der Waals surface area contributed by atoms with E-state index >= 15 is 0 Å². The first kappa shape index (κ1) is 17.5. The van der Waals surface area contributed by atoms with Crippen molar-refractivity contribution < 1.29 is 18.0 Å². The molecule has 2 amide bonds. The molecule has 0 unspecified atom stereocenters. The van der Waals surface area contributed by atoms with Crippen LogP contribution in [0.3, 0.4) is 0 Å². The summed E-state index contributed by atoms with van der Waals surface area (Å²) in [5, 5.41) is 2.60. The highest BCUT2D eigenvalue weighted by Crippen LogP contribution is 2.20. The average molecular weight is 338 g/mol. The molecule has 1 fully saturated rings. The predicted octanol–water partition coefficient (Wildman–Crippen LogP) is 0.972. The second-order valence-electron chi connectivity index (χ2n) is 5.89. The Morgan fingerprint density at radius 2 is 2.04 bits per heavy atom. The number of amides is 2. The van der Waals surface area contributed by atoms with Gasteiger partial charge < -0.3 is 10.2 Å². The van der Waals surface area contributed by atoms with Gasteiger partial charge in [0.2, 0.25) is 5.91 Å². The number of hydrogen-bond acceptors (Lipinski definition) is 4. The quantitative estimate of drug-likeness (QED) is 0.887. The van der Waals surface area contributed by atoms with Crippen LogP contribution in [0.2, 0.25) is 0 Å². The fourth-order valence-corrected chi connectivity index (χ4v) is 3.66. The molecule has 1 aliphatic heterocycles. The molecule has 1 heterocycles. The number of sulfone groups is 1. The second-order valence-corrected chi connectivity index (χ2v) is 8.04. The zero-order valence-corrected chi connectivity index (χ0v) is 14.2. The SMILES string of the molecule is CNC(=O)[C@H]1CCCCN1C(=O)c1cccc(CS(C)(=O)=O)c1. The third kappa shape index (κ3) is 4.54. The minimum Gasteiger partial charge on any atom is -0.357 e. The molecule has 1 atom stereocenters. The lowest BCUT2D eigenvalue weighted by Gasteiger charge is -2.34. The van der Waals surface area contributed by atoms with Gasteiger partial charge in [0.05, 0.1) is 5.75 Å². The molecule has 1 N–H and O–H groups in total. The van der Waals surface area contributed by atoms with E-state index in [4.69, 9.17) is 0 Å². The van der Waals surface area contributed by atoms with Gasteiger partial charge in [-0.15, -0.1) is 0 Å². The Bertz CT molecular complexity index is 700. The van der Waals surface area contributed by atoms with Crippen molar-refractivity contribution >= 4 is 21.7 Å². The average Bonchev–Trinajstić information content (AvgIpc) is 2.52. The third-order valence-corrected chi connectivity index (χ3v) is 4.77. The molecular formula is C16H22N2O4S. The van der Waals surface area contributed by atoms with Crippen molar-refractivity contribution in [3.63, 3.8) is 0 Å². The first-order chi connectivity index (χ1) is 10.8. The van der Waals surface area contributed by atoms with Crippen molar-refractivity contribution in [1.29, 1.82) is 0 Å². The van der Waals surface area contributed by atoms with E-state index in [1.54, 1.807) is 36.2 Å². The molecule has 1 aliphatic rings. The van der Waals surface area contributed by atoms with E-state index in [1.165, 1.54) is 0 Å². The van der Waals surface area contributed by atoms with E-state index in [0.717, 1.165) is 19.1 Å². The molecule has 0 bridgehead atoms. The van der Waals surface area contributed by atoms with Gasteiger partial charge in [0, 0.05) is 25.4 Å². The number of nitrogens with one attached hydrogen (secondary N) is 1. The highest BCUT2D eigenvalue weighted by Gasteiger charge is 2.32. The lowest BCUT2D eigenvalue weighted by molar-refractivity contribution is -0.126. The van der Waals surface area contributed by atoms with Gasteiger partial charge in [-0.2, -0.15) is 0 Å². The van der Waals surface area contributed by atoms with Crippen LogP contribution in [0.1, 0.15) is 35.2 Å². The van der Waals surface area contributed by atoms with E-state index < -0.39 is 15.9 Å². The van der Waals surface area contributed by atoms with Crippen LogP contribution < -0.4 is 5.32 Å². The van der Waals surface area contributed by atoms with Gasteiger partial charge in [0.15, 0.2) is 9.84 Å². The van der Waals surface area contributed by atoms with Crippen molar-refractivity contribution in [3.8, 4) is 0 Å². The van der Waals surface area contributed by atoms with Gasteiger partial charge in [-0.25, -0.2) is 8.42 Å². The van der Waals surface area contributed by atoms with Crippen molar-refractivity contribution in [2.45, 2.75) is 31.1 Å². The molecular weight excluding hydrogens is 316 g/mol. The number of carbonyl (C=O) groups is 2. The highest BCUT2D eigenvalue weighted by molar-refractivity contribution is 7.89. The molecule has 0 aromatic heterocycles. The van der Waals surface area contributed by atoms with Crippen LogP contribution >= 0.6 is 0 Å². The van der Waals surface area contributed by atoms with Gasteiger partial charge in [-0.05, 0) is 37.0 Å². The van der Waals surface area contributed by atoms with Crippen molar-refractivity contribution in [2.75, 3.05) is 19.8 Å². The Hall–Kier alpha value is -1.89. The van der Waals surface area contributed by atoms with E-state index in [0.29, 0.717) is 24.1 Å². The van der Waals surface area contributed by atoms with Gasteiger partial charge in [0.25, 0.3) is 5.91 Å². The van der Waals surface area contributed by atoms with Crippen molar-refractivity contribution in [1.82, 2.24) is 10.2 Å². The van der Waals surface area contributed by atoms with Gasteiger partial charge in [0.1, 0.15) is 6.04 Å². The van der Waals surface area contributed by atoms with Crippen LogP contribution in [0, 0.1) is 0 Å². The Labute approximate surface area is 136 Å². The van der Waals surface area contributed by atoms with Crippen LogP contribution in [0.25, 0.3) is 0 Å². The van der Waals surface area contributed by atoms with Crippen LogP contribution in [0.4, 0.5) is 0 Å². The number of nitrogens with zero attached hydrogens (tertiary/aromatic N) is 1. The fraction of sp³-hybridized carbons (Fsp3) is 0.500. The molecule has 2 rings (SSSR count). The molecule has 23 heavy (non-hydrogen) atoms. The smallest absolute Gasteiger partial charge is 0.254 e. The number of likely N-dealkylation sites (N-methyl/N-ethyl adjacent to an activating group) is 1. The molecule has 1 aromatic rings. The lowest BCUT2D eigenvalue weighted by Crippen LogP contribution is -2.51. The van der Waals surface area contributed by atoms with Crippen molar-refractivity contribution in [2.24, 2.45) is 0 Å². The summed E-state index contributed by atoms with van der Waals surface area (Å²) in [4.78, 5) is 26.3. The molecule has 0 aliphatic carbocycles. The maximum Gasteiger partial charge on any atom is 0.254 e. The van der Waals surface area contributed by atoms with E-state index in [1.807, 2.05) is 0 Å². The Morgan fingerprint density at radius 1 is 1.30 bits per heavy atom. The van der Waals surface area contributed by atoms with Crippen LogP contribution in [0.5, 0.6) is 0 Å². The summed E-state index contributed by atoms with van der Waals surface area (Å²) in [5.41, 5.74) is 0.994. The molecule has 1 saturated heterocycles. The Balaban J connectivity index is 2.24. The first-order valence-electron chi connectivity index (χ1n) is 7.61. The first-order valence-corrected chi connectivity index (χ1v) is 9.67. The fourth-order valence-electron chi connectivity index (χ4n) is 2.88. The summed E-state index contributed by atoms with van der Waals surface area (Å²) < 4.78 is 22.8. The predicted molar refractivity (Wildman–Crippen MR) is 87.7 cm³/mol. The maximum absolute atomic E-state index is 12.7.